The number of hydrogen-bond acceptors (Lipinski definition) is 3. The molecule has 0 fully saturated rings. The van der Waals surface area contributed by atoms with Crippen LogP contribution in [-0.4, -0.2) is 10.1 Å². The number of hydrogen-bond donors (Lipinski definition) is 2. The summed E-state index contributed by atoms with van der Waals surface area (Å²) in [5.41, 5.74) is -0.840. The molecule has 1 heterocycles. The zero-order valence-corrected chi connectivity index (χ0v) is 11.8. The summed E-state index contributed by atoms with van der Waals surface area (Å²) in [7, 11) is 0. The lowest BCUT2D eigenvalue weighted by molar-refractivity contribution is -0.137. The normalized spacial score (nSPS) is 11.5. The van der Waals surface area contributed by atoms with Crippen LogP contribution in [-0.2, 0) is 6.18 Å². The zero-order valence-electron chi connectivity index (χ0n) is 11.0. The largest absolute Gasteiger partial charge is 0.508 e. The van der Waals surface area contributed by atoms with Gasteiger partial charge in [0, 0.05) is 5.69 Å². The molecular formula is C15H9F3N2OS. The number of nitrogens with zero attached hydrogens (tertiary/aromatic N) is 1. The van der Waals surface area contributed by atoms with E-state index in [0.717, 1.165) is 6.07 Å². The molecule has 0 unspecified atom stereocenters. The van der Waals surface area contributed by atoms with Crippen molar-refractivity contribution < 1.29 is 18.3 Å². The Hall–Kier alpha value is -2.59. The van der Waals surface area contributed by atoms with Crippen LogP contribution in [0.3, 0.4) is 0 Å². The van der Waals surface area contributed by atoms with Crippen molar-refractivity contribution in [1.82, 2.24) is 4.98 Å². The van der Waals surface area contributed by atoms with Crippen LogP contribution in [0.1, 0.15) is 22.4 Å². The van der Waals surface area contributed by atoms with E-state index in [4.69, 9.17) is 22.6 Å². The molecule has 22 heavy (non-hydrogen) atoms. The Balaban J connectivity index is 2.45. The van der Waals surface area contributed by atoms with Gasteiger partial charge in [0.05, 0.1) is 11.1 Å². The summed E-state index contributed by atoms with van der Waals surface area (Å²) in [5.74, 6) is 0.0919. The quantitative estimate of drug-likeness (QED) is 0.800. The lowest BCUT2D eigenvalue weighted by atomic mass is 10.1. The van der Waals surface area contributed by atoms with Crippen molar-refractivity contribution in [1.29, 1.82) is 5.26 Å². The van der Waals surface area contributed by atoms with Gasteiger partial charge in [-0.15, -0.1) is 0 Å². The van der Waals surface area contributed by atoms with Crippen LogP contribution in [0.5, 0.6) is 5.75 Å². The topological polar surface area (TPSA) is 59.8 Å². The maximum atomic E-state index is 12.9. The Bertz CT molecular complexity index is 815. The van der Waals surface area contributed by atoms with Gasteiger partial charge in [-0.2, -0.15) is 18.4 Å². The van der Waals surface area contributed by atoms with E-state index in [1.54, 1.807) is 18.2 Å². The summed E-state index contributed by atoms with van der Waals surface area (Å²) >= 11 is 4.80. The van der Waals surface area contributed by atoms with Crippen molar-refractivity contribution in [2.24, 2.45) is 0 Å². The van der Waals surface area contributed by atoms with E-state index < -0.39 is 17.3 Å². The van der Waals surface area contributed by atoms with Gasteiger partial charge >= 0.3 is 6.18 Å². The summed E-state index contributed by atoms with van der Waals surface area (Å²) in [6.45, 7) is 0. The molecule has 2 rings (SSSR count). The summed E-state index contributed by atoms with van der Waals surface area (Å²) in [6, 6.07) is 8.44. The van der Waals surface area contributed by atoms with Gasteiger partial charge in [-0.25, -0.2) is 0 Å². The first-order valence-corrected chi connectivity index (χ1v) is 6.44. The smallest absolute Gasteiger partial charge is 0.417 e. The fourth-order valence-corrected chi connectivity index (χ4v) is 2.05. The molecule has 0 aliphatic carbocycles. The Morgan fingerprint density at radius 1 is 1.18 bits per heavy atom. The van der Waals surface area contributed by atoms with E-state index in [2.05, 4.69) is 4.98 Å². The Morgan fingerprint density at radius 2 is 1.82 bits per heavy atom. The molecule has 0 aliphatic heterocycles. The Morgan fingerprint density at radius 3 is 2.36 bits per heavy atom. The number of phenolic OH excluding ortho intramolecular Hbond substituents is 1. The highest BCUT2D eigenvalue weighted by Crippen LogP contribution is 2.32. The van der Waals surface area contributed by atoms with Gasteiger partial charge in [0.25, 0.3) is 0 Å². The van der Waals surface area contributed by atoms with E-state index in [1.807, 2.05) is 0 Å². The molecule has 0 saturated heterocycles. The molecule has 1 aromatic carbocycles. The standard InChI is InChI=1S/C15H9F3N2OS/c16-15(17,18)13-7-10(20-14(22)12(13)8-19)4-1-9-2-5-11(21)6-3-9/h1-7,21H,(H,20,22). The molecule has 0 radical (unpaired) electrons. The minimum Gasteiger partial charge on any atom is -0.508 e. The first-order chi connectivity index (χ1) is 10.3. The van der Waals surface area contributed by atoms with E-state index in [-0.39, 0.29) is 16.1 Å². The van der Waals surface area contributed by atoms with Crippen LogP contribution in [0.25, 0.3) is 12.2 Å². The van der Waals surface area contributed by atoms with Crippen molar-refractivity contribution in [2.75, 3.05) is 0 Å². The third-order valence-corrected chi connectivity index (χ3v) is 3.13. The molecule has 112 valence electrons. The Labute approximate surface area is 129 Å². The lowest BCUT2D eigenvalue weighted by Gasteiger charge is -2.09. The predicted molar refractivity (Wildman–Crippen MR) is 78.4 cm³/mol. The number of H-pyrrole nitrogens is 1. The molecule has 1 aromatic heterocycles. The van der Waals surface area contributed by atoms with Gasteiger partial charge in [0.1, 0.15) is 16.5 Å². The fourth-order valence-electron chi connectivity index (χ4n) is 1.78. The monoisotopic (exact) mass is 322 g/mol. The number of aromatic hydroxyl groups is 1. The number of phenols is 1. The van der Waals surface area contributed by atoms with Crippen LogP contribution >= 0.6 is 12.2 Å². The highest BCUT2D eigenvalue weighted by atomic mass is 32.1. The first kappa shape index (κ1) is 15.8. The number of aromatic nitrogens is 1. The number of rotatable bonds is 2. The molecule has 0 amide bonds. The lowest BCUT2D eigenvalue weighted by Crippen LogP contribution is -2.09. The second-order valence-corrected chi connectivity index (χ2v) is 4.79. The van der Waals surface area contributed by atoms with E-state index in [9.17, 15) is 13.2 Å². The van der Waals surface area contributed by atoms with E-state index in [0.29, 0.717) is 5.56 Å². The minimum absolute atomic E-state index is 0.0919. The number of alkyl halides is 3. The number of aromatic amines is 1. The Kier molecular flexibility index (Phi) is 4.33. The van der Waals surface area contributed by atoms with E-state index >= 15 is 0 Å². The number of nitrogens with one attached hydrogen (secondary N) is 1. The van der Waals surface area contributed by atoms with Crippen LogP contribution in [0, 0.1) is 16.0 Å². The molecule has 0 saturated carbocycles. The molecular weight excluding hydrogens is 313 g/mol. The molecule has 7 heteroatoms. The van der Waals surface area contributed by atoms with Crippen molar-refractivity contribution in [3.05, 3.63) is 57.4 Å². The highest BCUT2D eigenvalue weighted by Gasteiger charge is 2.34. The summed E-state index contributed by atoms with van der Waals surface area (Å²) in [4.78, 5) is 2.58. The average Bonchev–Trinajstić information content (AvgIpc) is 2.45. The van der Waals surface area contributed by atoms with Gasteiger partial charge in [-0.05, 0) is 29.8 Å². The highest BCUT2D eigenvalue weighted by molar-refractivity contribution is 7.71. The number of nitriles is 1. The second-order valence-electron chi connectivity index (χ2n) is 4.38. The SMILES string of the molecule is N#Cc1c(C(F)(F)F)cc(C=Cc2ccc(O)cc2)[nH]c1=S. The molecule has 0 aliphatic rings. The van der Waals surface area contributed by atoms with Gasteiger partial charge in [-0.3, -0.25) is 0 Å². The summed E-state index contributed by atoms with van der Waals surface area (Å²) < 4.78 is 38.6. The van der Waals surface area contributed by atoms with Crippen molar-refractivity contribution >= 4 is 24.4 Å². The van der Waals surface area contributed by atoms with Gasteiger partial charge in [-0.1, -0.05) is 30.4 Å². The first-order valence-electron chi connectivity index (χ1n) is 6.03. The molecule has 2 aromatic rings. The summed E-state index contributed by atoms with van der Waals surface area (Å²) in [6.07, 6.45) is -1.68. The average molecular weight is 322 g/mol. The molecule has 0 bridgehead atoms. The van der Waals surface area contributed by atoms with Crippen LogP contribution in [0.2, 0.25) is 0 Å². The van der Waals surface area contributed by atoms with E-state index in [1.165, 1.54) is 24.3 Å². The van der Waals surface area contributed by atoms with Crippen molar-refractivity contribution in [3.63, 3.8) is 0 Å². The van der Waals surface area contributed by atoms with Gasteiger partial charge in [0.2, 0.25) is 0 Å². The fraction of sp³-hybridized carbons (Fsp3) is 0.0667. The summed E-state index contributed by atoms with van der Waals surface area (Å²) in [5, 5.41) is 18.0. The third kappa shape index (κ3) is 3.54. The van der Waals surface area contributed by atoms with Crippen LogP contribution in [0.15, 0.2) is 30.3 Å². The van der Waals surface area contributed by atoms with Crippen molar-refractivity contribution in [3.8, 4) is 11.8 Å². The predicted octanol–water partition coefficient (Wildman–Crippen LogP) is 4.51. The van der Waals surface area contributed by atoms with Gasteiger partial charge < -0.3 is 10.1 Å². The second kappa shape index (κ2) is 6.03. The van der Waals surface area contributed by atoms with Gasteiger partial charge in [0.15, 0.2) is 0 Å². The molecule has 0 atom stereocenters. The molecule has 3 nitrogen and oxygen atoms in total. The maximum absolute atomic E-state index is 12.9. The molecule has 2 N–H and O–H groups in total. The minimum atomic E-state index is -4.66. The zero-order chi connectivity index (χ0) is 16.3. The number of benzene rings is 1. The van der Waals surface area contributed by atoms with Crippen molar-refractivity contribution in [2.45, 2.75) is 6.18 Å². The van der Waals surface area contributed by atoms with Crippen LogP contribution < -0.4 is 0 Å². The third-order valence-electron chi connectivity index (χ3n) is 2.82. The molecule has 0 spiro atoms. The number of halogens is 3. The number of pyridine rings is 1. The van der Waals surface area contributed by atoms with Crippen LogP contribution in [0.4, 0.5) is 13.2 Å². The maximum Gasteiger partial charge on any atom is 0.417 e.